The van der Waals surface area contributed by atoms with Crippen LogP contribution in [0.4, 0.5) is 10.1 Å². The number of rotatable bonds is 9. The molecule has 0 saturated heterocycles. The van der Waals surface area contributed by atoms with Crippen LogP contribution in [0.5, 0.6) is 0 Å². The van der Waals surface area contributed by atoms with Crippen LogP contribution < -0.4 is 16.0 Å². The first-order valence-corrected chi connectivity index (χ1v) is 10.8. The van der Waals surface area contributed by atoms with Crippen LogP contribution >= 0.6 is 0 Å². The molecule has 0 fully saturated rings. The number of alkyl halides is 1. The fourth-order valence-corrected chi connectivity index (χ4v) is 2.84. The van der Waals surface area contributed by atoms with Gasteiger partial charge in [0.1, 0.15) is 5.82 Å². The van der Waals surface area contributed by atoms with Gasteiger partial charge in [-0.1, -0.05) is 43.5 Å². The van der Waals surface area contributed by atoms with Gasteiger partial charge in [0, 0.05) is 21.7 Å². The number of halogens is 1. The first-order chi connectivity index (χ1) is 15.8. The van der Waals surface area contributed by atoms with Gasteiger partial charge in [-0.2, -0.15) is 0 Å². The number of allylic oxidation sites excluding steroid dienone is 4. The fraction of sp³-hybridized carbons (Fsp3) is 0.259. The molecule has 5 nitrogen and oxygen atoms in total. The maximum absolute atomic E-state index is 12.2. The summed E-state index contributed by atoms with van der Waals surface area (Å²) in [4.78, 5) is 16.9. The third kappa shape index (κ3) is 8.77. The van der Waals surface area contributed by atoms with Crippen LogP contribution in [-0.4, -0.2) is 18.3 Å². The van der Waals surface area contributed by atoms with Gasteiger partial charge >= 0.3 is 0 Å². The first kappa shape index (κ1) is 27.4. The van der Waals surface area contributed by atoms with E-state index in [0.29, 0.717) is 12.0 Å². The van der Waals surface area contributed by atoms with E-state index in [9.17, 15) is 9.18 Å². The summed E-state index contributed by atoms with van der Waals surface area (Å²) >= 11 is 0. The summed E-state index contributed by atoms with van der Waals surface area (Å²) in [6.45, 7) is 18.5. The van der Waals surface area contributed by atoms with Gasteiger partial charge in [-0.25, -0.2) is 4.99 Å². The molecule has 33 heavy (non-hydrogen) atoms. The standard InChI is InChI=1S/C23H28N4O.C4H7F.3H2/c1-7-18(8-2)23(28)26-20-12-10-11-19(13-20)16(5)25-21(9-3)27-22-15(4)14-24-17(22)6;1-2-3-4-5;;;/h7-14,16,24-25H,1,6H2,2-5H3,(H,26,28);2H,1,3-4H2;3*1H/b18-8+,21-9-,27-22-;;;;/t16-;;;;/m0..../s1. The molecular weight excluding hydrogens is 415 g/mol. The summed E-state index contributed by atoms with van der Waals surface area (Å²) in [5.41, 5.74) is 4.99. The second-order valence-electron chi connectivity index (χ2n) is 7.24. The molecule has 1 heterocycles. The molecule has 6 heteroatoms. The maximum atomic E-state index is 12.2. The van der Waals surface area contributed by atoms with Gasteiger partial charge in [-0.05, 0) is 63.5 Å². The Labute approximate surface area is 201 Å². The van der Waals surface area contributed by atoms with Crippen LogP contribution in [0.2, 0.25) is 0 Å². The summed E-state index contributed by atoms with van der Waals surface area (Å²) < 4.78 is 10.9. The van der Waals surface area contributed by atoms with Crippen molar-refractivity contribution in [3.63, 3.8) is 0 Å². The molecule has 1 amide bonds. The third-order valence-corrected chi connectivity index (χ3v) is 4.74. The Kier molecular flexibility index (Phi) is 11.9. The number of amides is 1. The number of nitrogens with zero attached hydrogens (tertiary/aromatic N) is 1. The molecule has 1 aromatic rings. The minimum Gasteiger partial charge on any atom is -0.364 e. The lowest BCUT2D eigenvalue weighted by molar-refractivity contribution is -0.112. The maximum Gasteiger partial charge on any atom is 0.255 e. The average Bonchev–Trinajstić information content (AvgIpc) is 3.12. The Balaban J connectivity index is -0.00000124. The van der Waals surface area contributed by atoms with E-state index in [4.69, 9.17) is 0 Å². The zero-order valence-electron chi connectivity index (χ0n) is 20.0. The normalized spacial score (nSPS) is 15.6. The Bertz CT molecular complexity index is 1000. The quantitative estimate of drug-likeness (QED) is 0.213. The number of hydrogen-bond donors (Lipinski definition) is 3. The summed E-state index contributed by atoms with van der Waals surface area (Å²) in [5, 5.41) is 9.40. The number of benzene rings is 1. The molecule has 0 aromatic heterocycles. The van der Waals surface area contributed by atoms with Gasteiger partial charge in [0.25, 0.3) is 5.91 Å². The molecule has 182 valence electrons. The topological polar surface area (TPSA) is 65.5 Å². The predicted molar refractivity (Wildman–Crippen MR) is 145 cm³/mol. The van der Waals surface area contributed by atoms with E-state index < -0.39 is 0 Å². The lowest BCUT2D eigenvalue weighted by Crippen LogP contribution is -2.19. The van der Waals surface area contributed by atoms with E-state index >= 15 is 0 Å². The molecule has 2 rings (SSSR count). The van der Waals surface area contributed by atoms with Crippen molar-refractivity contribution in [2.24, 2.45) is 4.99 Å². The van der Waals surface area contributed by atoms with E-state index in [1.165, 1.54) is 0 Å². The number of nitrogens with one attached hydrogen (secondary N) is 3. The van der Waals surface area contributed by atoms with E-state index in [2.05, 4.69) is 47.6 Å². The van der Waals surface area contributed by atoms with Gasteiger partial charge in [-0.3, -0.25) is 9.18 Å². The Morgan fingerprint density at radius 3 is 2.52 bits per heavy atom. The number of anilines is 1. The summed E-state index contributed by atoms with van der Waals surface area (Å²) in [6, 6.07) is 7.75. The van der Waals surface area contributed by atoms with Crippen LogP contribution in [0, 0.1) is 0 Å². The molecule has 0 spiro atoms. The Morgan fingerprint density at radius 2 is 2.03 bits per heavy atom. The minimum absolute atomic E-state index is 0. The minimum atomic E-state index is -0.274. The van der Waals surface area contributed by atoms with Gasteiger partial charge in [0.05, 0.1) is 24.1 Å². The summed E-state index contributed by atoms with van der Waals surface area (Å²) in [7, 11) is 0. The van der Waals surface area contributed by atoms with Crippen molar-refractivity contribution in [2.45, 2.75) is 40.2 Å². The van der Waals surface area contributed by atoms with Gasteiger partial charge in [0.15, 0.2) is 0 Å². The zero-order chi connectivity index (χ0) is 24.8. The van der Waals surface area contributed by atoms with Crippen molar-refractivity contribution < 1.29 is 13.5 Å². The molecule has 0 aliphatic carbocycles. The monoisotopic (exact) mass is 456 g/mol. The van der Waals surface area contributed by atoms with Crippen LogP contribution in [0.15, 0.2) is 102 Å². The molecule has 0 saturated carbocycles. The number of aliphatic imine (C=N–C) groups is 1. The lowest BCUT2D eigenvalue weighted by Gasteiger charge is -2.18. The Hall–Kier alpha value is -3.67. The molecule has 0 bridgehead atoms. The molecule has 1 atom stereocenters. The number of carbonyl (C=O) groups excluding carboxylic acids is 1. The molecule has 1 aliphatic heterocycles. The number of carbonyl (C=O) groups is 1. The second kappa shape index (κ2) is 14.4. The third-order valence-electron chi connectivity index (χ3n) is 4.74. The van der Waals surface area contributed by atoms with Crippen molar-refractivity contribution in [1.82, 2.24) is 10.6 Å². The summed E-state index contributed by atoms with van der Waals surface area (Å²) in [6.07, 6.45) is 9.14. The molecule has 3 N–H and O–H groups in total. The highest BCUT2D eigenvalue weighted by molar-refractivity contribution is 6.13. The highest BCUT2D eigenvalue weighted by Crippen LogP contribution is 2.20. The van der Waals surface area contributed by atoms with Crippen molar-refractivity contribution in [1.29, 1.82) is 0 Å². The van der Waals surface area contributed by atoms with E-state index in [1.54, 1.807) is 18.2 Å². The van der Waals surface area contributed by atoms with Crippen LogP contribution in [0.25, 0.3) is 0 Å². The van der Waals surface area contributed by atoms with Crippen molar-refractivity contribution in [2.75, 3.05) is 12.0 Å². The van der Waals surface area contributed by atoms with Crippen LogP contribution in [-0.2, 0) is 4.79 Å². The number of hydrogen-bond acceptors (Lipinski definition) is 4. The fourth-order valence-electron chi connectivity index (χ4n) is 2.84. The van der Waals surface area contributed by atoms with E-state index in [-0.39, 0.29) is 22.9 Å². The molecule has 1 aliphatic rings. The zero-order valence-corrected chi connectivity index (χ0v) is 20.0. The summed E-state index contributed by atoms with van der Waals surface area (Å²) in [5.74, 6) is 0.586. The smallest absolute Gasteiger partial charge is 0.255 e. The highest BCUT2D eigenvalue weighted by Gasteiger charge is 2.15. The van der Waals surface area contributed by atoms with Crippen LogP contribution in [0.1, 0.15) is 50.0 Å². The van der Waals surface area contributed by atoms with Crippen molar-refractivity contribution >= 4 is 17.3 Å². The molecule has 0 unspecified atom stereocenters. The van der Waals surface area contributed by atoms with E-state index in [0.717, 1.165) is 34.1 Å². The highest BCUT2D eigenvalue weighted by atomic mass is 19.1. The predicted octanol–water partition coefficient (Wildman–Crippen LogP) is 7.00. The molecule has 1 aromatic carbocycles. The molecular formula is C27H41FN4O. The second-order valence-corrected chi connectivity index (χ2v) is 7.24. The van der Waals surface area contributed by atoms with Gasteiger partial charge in [0.2, 0.25) is 0 Å². The first-order valence-electron chi connectivity index (χ1n) is 10.8. The van der Waals surface area contributed by atoms with Crippen molar-refractivity contribution in [3.8, 4) is 0 Å². The van der Waals surface area contributed by atoms with E-state index in [1.807, 2.05) is 57.3 Å². The lowest BCUT2D eigenvalue weighted by atomic mass is 10.1. The molecule has 0 radical (unpaired) electrons. The average molecular weight is 457 g/mol. The van der Waals surface area contributed by atoms with Gasteiger partial charge < -0.3 is 16.0 Å². The SMILES string of the molecule is C=C/C(=C\C)C(=O)Nc1cccc([C@H](C)NC(=C/C)/N=C2\C(=C)NC=C2C)c1.C=CCCF.[HH].[HH].[HH]. The largest absolute Gasteiger partial charge is 0.364 e. The Morgan fingerprint density at radius 1 is 1.30 bits per heavy atom. The van der Waals surface area contributed by atoms with Gasteiger partial charge in [-0.15, -0.1) is 6.58 Å². The van der Waals surface area contributed by atoms with Crippen LogP contribution in [0.3, 0.4) is 0 Å². The van der Waals surface area contributed by atoms with Crippen molar-refractivity contribution in [3.05, 3.63) is 103 Å².